The monoisotopic (exact) mass is 997 g/mol. The Kier molecular flexibility index (Phi) is 16.1. The molecule has 0 aliphatic carbocycles. The first-order valence-electron chi connectivity index (χ1n) is 23.7. The maximum absolute atomic E-state index is 15.2. The van der Waals surface area contributed by atoms with E-state index in [0.717, 1.165) is 47.9 Å². The summed E-state index contributed by atoms with van der Waals surface area (Å²) in [6.45, 7) is 9.65. The van der Waals surface area contributed by atoms with Crippen LogP contribution in [0.5, 0.6) is 0 Å². The summed E-state index contributed by atoms with van der Waals surface area (Å²) < 4.78 is 27.3. The third kappa shape index (κ3) is 11.7. The zero-order valence-corrected chi connectivity index (χ0v) is 42.1. The molecule has 0 aromatic heterocycles. The highest BCUT2D eigenvalue weighted by molar-refractivity contribution is 7.92. The molecule has 3 N–H and O–H groups in total. The van der Waals surface area contributed by atoms with Gasteiger partial charge in [-0.15, -0.1) is 0 Å². The number of hydrogen-bond donors (Lipinski definition) is 3. The van der Waals surface area contributed by atoms with E-state index in [2.05, 4.69) is 16.0 Å². The van der Waals surface area contributed by atoms with E-state index >= 15 is 4.79 Å². The Hall–Kier alpha value is -5.57. The van der Waals surface area contributed by atoms with Crippen LogP contribution in [0.15, 0.2) is 91.0 Å². The lowest BCUT2D eigenvalue weighted by Crippen LogP contribution is -2.59. The number of carbonyl (C=O) groups excluding carboxylic acids is 6. The standard InChI is InChI=1S/C53H61Cl2N5O8S/c1-32(2)45(31-69(67,68)33(3)4)60-48(35-16-20-38(54)21-17-35)42(37-13-9-14-39(55)27-37)28-53(5,52(60)66)29-47(62)57-40-22-18-36(19-23-40)49(63)56-26-8-6-7-11-34-12-10-15-41-43(34)30-59(51(41)65)44-24-25-46(61)58-50(44)64/h9-10,12-23,27,32-33,42,44-45,48H,6-8,11,24-26,28-31H2,1-5H3,(H,56,63)(H,57,62)(H,58,61,64)/t42-,44?,45-,48-,53-/m1/s1. The quantitative estimate of drug-likeness (QED) is 0.0654. The lowest BCUT2D eigenvalue weighted by atomic mass is 9.66. The average molecular weight is 999 g/mol. The van der Waals surface area contributed by atoms with Crippen LogP contribution in [0.4, 0.5) is 5.69 Å². The van der Waals surface area contributed by atoms with Crippen molar-refractivity contribution < 1.29 is 37.2 Å². The zero-order chi connectivity index (χ0) is 49.8. The van der Waals surface area contributed by atoms with E-state index < -0.39 is 50.4 Å². The predicted octanol–water partition coefficient (Wildman–Crippen LogP) is 8.84. The van der Waals surface area contributed by atoms with Gasteiger partial charge in [-0.1, -0.05) is 86.8 Å². The van der Waals surface area contributed by atoms with Crippen LogP contribution in [-0.2, 0) is 42.0 Å². The molecule has 0 bridgehead atoms. The summed E-state index contributed by atoms with van der Waals surface area (Å²) in [7, 11) is -3.62. The second kappa shape index (κ2) is 21.6. The second-order valence-corrected chi connectivity index (χ2v) is 23.0. The molecular formula is C53H61Cl2N5O8S. The number of benzene rings is 4. The molecule has 16 heteroatoms. The number of unbranched alkanes of at least 4 members (excludes halogenated alkanes) is 2. The molecule has 4 aromatic rings. The van der Waals surface area contributed by atoms with Gasteiger partial charge in [0.15, 0.2) is 9.84 Å². The lowest BCUT2D eigenvalue weighted by molar-refractivity contribution is -0.157. The predicted molar refractivity (Wildman–Crippen MR) is 268 cm³/mol. The van der Waals surface area contributed by atoms with Crippen molar-refractivity contribution in [3.8, 4) is 0 Å². The summed E-state index contributed by atoms with van der Waals surface area (Å²) in [6, 6.07) is 24.9. The van der Waals surface area contributed by atoms with Crippen LogP contribution in [-0.4, -0.2) is 83.3 Å². The number of rotatable bonds is 18. The Morgan fingerprint density at radius 2 is 1.57 bits per heavy atom. The van der Waals surface area contributed by atoms with Gasteiger partial charge in [0.1, 0.15) is 6.04 Å². The minimum atomic E-state index is -3.62. The first-order valence-corrected chi connectivity index (χ1v) is 26.2. The SMILES string of the molecule is CC(C)[C@@H](CS(=O)(=O)C(C)C)N1C(=O)[C@@](C)(CC(=O)Nc2ccc(C(=O)NCCCCCc3cccc4c3CN(C3CCC(=O)NC3=O)C4=O)cc2)C[C@H](c2cccc(Cl)c2)[C@H]1c1ccc(Cl)cc1. The van der Waals surface area contributed by atoms with E-state index in [1.807, 2.05) is 56.3 Å². The Balaban J connectivity index is 0.976. The summed E-state index contributed by atoms with van der Waals surface area (Å²) in [5.41, 5.74) is 3.80. The van der Waals surface area contributed by atoms with Crippen molar-refractivity contribution in [2.45, 2.75) is 122 Å². The van der Waals surface area contributed by atoms with Crippen LogP contribution >= 0.6 is 23.2 Å². The number of likely N-dealkylation sites (tertiary alicyclic amines) is 1. The number of fused-ring (bicyclic) bond motifs is 1. The molecule has 4 aromatic carbocycles. The average Bonchev–Trinajstić information content (AvgIpc) is 3.63. The molecule has 2 saturated heterocycles. The molecular weight excluding hydrogens is 938 g/mol. The summed E-state index contributed by atoms with van der Waals surface area (Å²) >= 11 is 12.9. The van der Waals surface area contributed by atoms with Gasteiger partial charge in [0, 0.05) is 64.8 Å². The fourth-order valence-corrected chi connectivity index (χ4v) is 11.7. The summed E-state index contributed by atoms with van der Waals surface area (Å²) in [5.74, 6) is -2.83. The molecule has 3 aliphatic rings. The topological polar surface area (TPSA) is 179 Å². The number of carbonyl (C=O) groups is 6. The minimum Gasteiger partial charge on any atom is -0.352 e. The molecule has 0 saturated carbocycles. The number of anilines is 1. The fraction of sp³-hybridized carbons (Fsp3) is 0.434. The molecule has 3 heterocycles. The summed E-state index contributed by atoms with van der Waals surface area (Å²) in [6.07, 6.45) is 3.72. The maximum Gasteiger partial charge on any atom is 0.255 e. The van der Waals surface area contributed by atoms with E-state index in [9.17, 15) is 32.4 Å². The van der Waals surface area contributed by atoms with Crippen LogP contribution in [0.25, 0.3) is 0 Å². The highest BCUT2D eigenvalue weighted by Crippen LogP contribution is 2.53. The van der Waals surface area contributed by atoms with Gasteiger partial charge in [-0.25, -0.2) is 8.42 Å². The highest BCUT2D eigenvalue weighted by atomic mass is 35.5. The Bertz CT molecular complexity index is 2710. The molecule has 2 fully saturated rings. The van der Waals surface area contributed by atoms with Gasteiger partial charge < -0.3 is 20.4 Å². The second-order valence-electron chi connectivity index (χ2n) is 19.5. The number of hydrogen-bond acceptors (Lipinski definition) is 8. The number of sulfone groups is 1. The Morgan fingerprint density at radius 3 is 2.23 bits per heavy atom. The van der Waals surface area contributed by atoms with Crippen molar-refractivity contribution in [1.29, 1.82) is 0 Å². The van der Waals surface area contributed by atoms with Crippen LogP contribution in [0.2, 0.25) is 10.0 Å². The lowest BCUT2D eigenvalue weighted by Gasteiger charge is -2.53. The van der Waals surface area contributed by atoms with Crippen molar-refractivity contribution >= 4 is 74.2 Å². The van der Waals surface area contributed by atoms with Crippen molar-refractivity contribution in [2.24, 2.45) is 11.3 Å². The van der Waals surface area contributed by atoms with E-state index in [-0.39, 0.29) is 60.5 Å². The molecule has 13 nitrogen and oxygen atoms in total. The van der Waals surface area contributed by atoms with Crippen molar-refractivity contribution in [2.75, 3.05) is 17.6 Å². The van der Waals surface area contributed by atoms with Gasteiger partial charge in [-0.2, -0.15) is 0 Å². The maximum atomic E-state index is 15.2. The molecule has 1 unspecified atom stereocenters. The van der Waals surface area contributed by atoms with Crippen LogP contribution < -0.4 is 16.0 Å². The molecule has 69 heavy (non-hydrogen) atoms. The number of nitrogens with one attached hydrogen (secondary N) is 3. The number of nitrogens with zero attached hydrogens (tertiary/aromatic N) is 2. The zero-order valence-electron chi connectivity index (χ0n) is 39.7. The Morgan fingerprint density at radius 1 is 0.855 bits per heavy atom. The largest absolute Gasteiger partial charge is 0.352 e. The summed E-state index contributed by atoms with van der Waals surface area (Å²) in [5, 5.41) is 8.60. The molecule has 0 radical (unpaired) electrons. The van der Waals surface area contributed by atoms with Gasteiger partial charge in [0.05, 0.1) is 22.5 Å². The highest BCUT2D eigenvalue weighted by Gasteiger charge is 2.53. The molecule has 0 spiro atoms. The van der Waals surface area contributed by atoms with E-state index in [1.54, 1.807) is 79.1 Å². The number of imide groups is 1. The van der Waals surface area contributed by atoms with Crippen molar-refractivity contribution in [3.63, 3.8) is 0 Å². The number of halogens is 2. The minimum absolute atomic E-state index is 0.192. The van der Waals surface area contributed by atoms with Gasteiger partial charge in [-0.3, -0.25) is 34.1 Å². The van der Waals surface area contributed by atoms with Gasteiger partial charge in [-0.05, 0) is 129 Å². The first kappa shape index (κ1) is 51.3. The van der Waals surface area contributed by atoms with E-state index in [4.69, 9.17) is 23.2 Å². The third-order valence-electron chi connectivity index (χ3n) is 13.9. The normalized spacial score (nSPS) is 21.1. The molecule has 7 rings (SSSR count). The molecule has 3 aliphatic heterocycles. The number of piperidine rings is 2. The fourth-order valence-electron chi connectivity index (χ4n) is 10.0. The smallest absolute Gasteiger partial charge is 0.255 e. The van der Waals surface area contributed by atoms with Crippen LogP contribution in [0, 0.1) is 11.3 Å². The van der Waals surface area contributed by atoms with Crippen molar-refractivity contribution in [3.05, 3.63) is 134 Å². The number of amides is 6. The van der Waals surface area contributed by atoms with E-state index in [1.165, 1.54) is 0 Å². The van der Waals surface area contributed by atoms with Crippen LogP contribution in [0.3, 0.4) is 0 Å². The summed E-state index contributed by atoms with van der Waals surface area (Å²) in [4.78, 5) is 83.0. The molecule has 6 amide bonds. The van der Waals surface area contributed by atoms with Gasteiger partial charge >= 0.3 is 0 Å². The van der Waals surface area contributed by atoms with Gasteiger partial charge in [0.25, 0.3) is 11.8 Å². The third-order valence-corrected chi connectivity index (χ3v) is 16.6. The van der Waals surface area contributed by atoms with Crippen molar-refractivity contribution in [1.82, 2.24) is 20.4 Å². The van der Waals surface area contributed by atoms with Gasteiger partial charge in [0.2, 0.25) is 23.6 Å². The van der Waals surface area contributed by atoms with Crippen LogP contribution in [0.1, 0.15) is 134 Å². The van der Waals surface area contributed by atoms with E-state index in [0.29, 0.717) is 46.4 Å². The first-order chi connectivity index (χ1) is 32.8. The molecule has 366 valence electrons. The molecule has 5 atom stereocenters. The number of aryl methyl sites for hydroxylation is 1. The Labute approximate surface area is 415 Å².